The summed E-state index contributed by atoms with van der Waals surface area (Å²) < 4.78 is 5.14. The average molecular weight is 241 g/mol. The van der Waals surface area contributed by atoms with Gasteiger partial charge in [-0.25, -0.2) is 4.98 Å². The lowest BCUT2D eigenvalue weighted by Gasteiger charge is -2.06. The number of benzene rings is 1. The molecule has 0 amide bonds. The van der Waals surface area contributed by atoms with Crippen LogP contribution in [0.15, 0.2) is 45.2 Å². The van der Waals surface area contributed by atoms with Crippen LogP contribution < -0.4 is 5.73 Å². The van der Waals surface area contributed by atoms with Crippen LogP contribution in [0.25, 0.3) is 0 Å². The minimum Gasteiger partial charge on any atom is -0.440 e. The molecule has 0 aliphatic carbocycles. The van der Waals surface area contributed by atoms with Gasteiger partial charge in [0.05, 0.1) is 6.20 Å². The summed E-state index contributed by atoms with van der Waals surface area (Å²) in [6, 6.07) is 5.65. The first kappa shape index (κ1) is 10.5. The Morgan fingerprint density at radius 3 is 3.00 bits per heavy atom. The van der Waals surface area contributed by atoms with E-state index in [1.54, 1.807) is 6.20 Å². The zero-order chi connectivity index (χ0) is 10.7. The second-order valence-corrected chi connectivity index (χ2v) is 4.22. The summed E-state index contributed by atoms with van der Waals surface area (Å²) in [5, 5.41) is 1.26. The van der Waals surface area contributed by atoms with E-state index in [9.17, 15) is 0 Å². The second kappa shape index (κ2) is 4.70. The Hall–Kier alpha value is -0.970. The van der Waals surface area contributed by atoms with E-state index < -0.39 is 0 Å². The molecule has 1 heterocycles. The molecule has 0 radical (unpaired) electrons. The molecular formula is C10H9ClN2OS. The van der Waals surface area contributed by atoms with E-state index in [1.165, 1.54) is 18.0 Å². The van der Waals surface area contributed by atoms with Crippen LogP contribution in [-0.2, 0) is 6.54 Å². The Kier molecular flexibility index (Phi) is 3.30. The van der Waals surface area contributed by atoms with E-state index in [0.29, 0.717) is 16.8 Å². The minimum atomic E-state index is 0.405. The number of nitrogens with zero attached hydrogens (tertiary/aromatic N) is 1. The summed E-state index contributed by atoms with van der Waals surface area (Å²) in [5.74, 6) is 0. The lowest BCUT2D eigenvalue weighted by molar-refractivity contribution is 0.454. The van der Waals surface area contributed by atoms with Crippen LogP contribution in [0.3, 0.4) is 0 Å². The Labute approximate surface area is 96.6 Å². The van der Waals surface area contributed by atoms with Crippen molar-refractivity contribution in [3.8, 4) is 0 Å². The maximum absolute atomic E-state index is 6.03. The molecule has 78 valence electrons. The van der Waals surface area contributed by atoms with Crippen LogP contribution in [0.5, 0.6) is 0 Å². The van der Waals surface area contributed by atoms with Gasteiger partial charge in [0.25, 0.3) is 5.22 Å². The predicted molar refractivity (Wildman–Crippen MR) is 60.0 cm³/mol. The van der Waals surface area contributed by atoms with E-state index in [-0.39, 0.29) is 0 Å². The Bertz CT molecular complexity index is 445. The van der Waals surface area contributed by atoms with E-state index in [1.807, 2.05) is 18.2 Å². The van der Waals surface area contributed by atoms with Crippen molar-refractivity contribution < 1.29 is 4.42 Å². The second-order valence-electron chi connectivity index (χ2n) is 2.82. The SMILES string of the molecule is NCc1c(Cl)cccc1Sc1ncco1. The first-order valence-electron chi connectivity index (χ1n) is 4.36. The van der Waals surface area contributed by atoms with Gasteiger partial charge in [0.15, 0.2) is 0 Å². The largest absolute Gasteiger partial charge is 0.440 e. The molecule has 3 nitrogen and oxygen atoms in total. The molecule has 0 aliphatic rings. The first-order chi connectivity index (χ1) is 7.31. The van der Waals surface area contributed by atoms with Gasteiger partial charge in [0.1, 0.15) is 6.26 Å². The molecular weight excluding hydrogens is 232 g/mol. The number of nitrogens with two attached hydrogens (primary N) is 1. The fraction of sp³-hybridized carbons (Fsp3) is 0.100. The maximum Gasteiger partial charge on any atom is 0.260 e. The predicted octanol–water partition coefficient (Wildman–Crippen LogP) is 2.94. The molecule has 15 heavy (non-hydrogen) atoms. The fourth-order valence-corrected chi connectivity index (χ4v) is 2.36. The number of aromatic nitrogens is 1. The highest BCUT2D eigenvalue weighted by Gasteiger charge is 2.08. The smallest absolute Gasteiger partial charge is 0.260 e. The van der Waals surface area contributed by atoms with Gasteiger partial charge in [0.2, 0.25) is 0 Å². The van der Waals surface area contributed by atoms with Gasteiger partial charge in [-0.1, -0.05) is 17.7 Å². The van der Waals surface area contributed by atoms with Gasteiger partial charge >= 0.3 is 0 Å². The van der Waals surface area contributed by atoms with Crippen molar-refractivity contribution in [3.63, 3.8) is 0 Å². The summed E-state index contributed by atoms with van der Waals surface area (Å²) >= 11 is 7.44. The summed E-state index contributed by atoms with van der Waals surface area (Å²) in [4.78, 5) is 5.01. The molecule has 5 heteroatoms. The molecule has 2 N–H and O–H groups in total. The Balaban J connectivity index is 2.32. The fourth-order valence-electron chi connectivity index (χ4n) is 1.19. The maximum atomic E-state index is 6.03. The first-order valence-corrected chi connectivity index (χ1v) is 5.55. The molecule has 0 aliphatic heterocycles. The lowest BCUT2D eigenvalue weighted by Crippen LogP contribution is -1.99. The summed E-state index contributed by atoms with van der Waals surface area (Å²) in [6.45, 7) is 0.405. The van der Waals surface area contributed by atoms with Gasteiger partial charge < -0.3 is 10.2 Å². The van der Waals surface area contributed by atoms with Crippen LogP contribution in [-0.4, -0.2) is 4.98 Å². The topological polar surface area (TPSA) is 52.0 Å². The molecule has 0 bridgehead atoms. The number of hydrogen-bond acceptors (Lipinski definition) is 4. The highest BCUT2D eigenvalue weighted by atomic mass is 35.5. The van der Waals surface area contributed by atoms with Crippen molar-refractivity contribution in [3.05, 3.63) is 41.2 Å². The zero-order valence-corrected chi connectivity index (χ0v) is 9.39. The third-order valence-corrected chi connectivity index (χ3v) is 3.22. The van der Waals surface area contributed by atoms with Crippen molar-refractivity contribution in [1.29, 1.82) is 0 Å². The average Bonchev–Trinajstić information content (AvgIpc) is 2.71. The van der Waals surface area contributed by atoms with Crippen molar-refractivity contribution in [2.24, 2.45) is 5.73 Å². The normalized spacial score (nSPS) is 10.5. The standard InChI is InChI=1S/C10H9ClN2OS/c11-8-2-1-3-9(7(8)6-12)15-10-13-4-5-14-10/h1-5H,6,12H2. The minimum absolute atomic E-state index is 0.405. The quantitative estimate of drug-likeness (QED) is 0.896. The highest BCUT2D eigenvalue weighted by molar-refractivity contribution is 7.99. The van der Waals surface area contributed by atoms with Crippen molar-refractivity contribution in [2.75, 3.05) is 0 Å². The van der Waals surface area contributed by atoms with Crippen LogP contribution in [0.2, 0.25) is 5.02 Å². The monoisotopic (exact) mass is 240 g/mol. The molecule has 0 atom stereocenters. The third-order valence-electron chi connectivity index (χ3n) is 1.89. The van der Waals surface area contributed by atoms with Gasteiger partial charge in [-0.3, -0.25) is 0 Å². The van der Waals surface area contributed by atoms with Crippen LogP contribution in [0, 0.1) is 0 Å². The molecule has 1 aromatic heterocycles. The number of rotatable bonds is 3. The molecule has 2 aromatic rings. The molecule has 2 rings (SSSR count). The number of halogens is 1. The molecule has 0 saturated carbocycles. The lowest BCUT2D eigenvalue weighted by atomic mass is 10.2. The van der Waals surface area contributed by atoms with E-state index in [0.717, 1.165) is 10.5 Å². The summed E-state index contributed by atoms with van der Waals surface area (Å²) in [6.07, 6.45) is 3.14. The highest BCUT2D eigenvalue weighted by Crippen LogP contribution is 2.32. The van der Waals surface area contributed by atoms with Gasteiger partial charge in [0, 0.05) is 16.5 Å². The van der Waals surface area contributed by atoms with E-state index in [2.05, 4.69) is 4.98 Å². The van der Waals surface area contributed by atoms with E-state index in [4.69, 9.17) is 21.8 Å². The Morgan fingerprint density at radius 1 is 1.47 bits per heavy atom. The third kappa shape index (κ3) is 2.34. The summed E-state index contributed by atoms with van der Waals surface area (Å²) in [5.41, 5.74) is 6.55. The molecule has 0 spiro atoms. The summed E-state index contributed by atoms with van der Waals surface area (Å²) in [7, 11) is 0. The van der Waals surface area contributed by atoms with Crippen molar-refractivity contribution in [2.45, 2.75) is 16.7 Å². The van der Waals surface area contributed by atoms with Crippen LogP contribution >= 0.6 is 23.4 Å². The zero-order valence-electron chi connectivity index (χ0n) is 7.81. The Morgan fingerprint density at radius 2 is 2.33 bits per heavy atom. The van der Waals surface area contributed by atoms with Gasteiger partial charge in [-0.2, -0.15) is 0 Å². The molecule has 0 saturated heterocycles. The van der Waals surface area contributed by atoms with Crippen molar-refractivity contribution in [1.82, 2.24) is 4.98 Å². The van der Waals surface area contributed by atoms with Gasteiger partial charge in [-0.05, 0) is 29.5 Å². The number of hydrogen-bond donors (Lipinski definition) is 1. The van der Waals surface area contributed by atoms with Crippen LogP contribution in [0.4, 0.5) is 0 Å². The van der Waals surface area contributed by atoms with E-state index >= 15 is 0 Å². The van der Waals surface area contributed by atoms with Crippen molar-refractivity contribution >= 4 is 23.4 Å². The van der Waals surface area contributed by atoms with Gasteiger partial charge in [-0.15, -0.1) is 0 Å². The van der Waals surface area contributed by atoms with Crippen LogP contribution in [0.1, 0.15) is 5.56 Å². The molecule has 0 fully saturated rings. The molecule has 1 aromatic carbocycles. The number of oxazole rings is 1. The molecule has 0 unspecified atom stereocenters.